The highest BCUT2D eigenvalue weighted by molar-refractivity contribution is 5.95. The molecule has 0 aliphatic rings. The van der Waals surface area contributed by atoms with E-state index in [0.29, 0.717) is 6.54 Å². The van der Waals surface area contributed by atoms with Gasteiger partial charge in [-0.05, 0) is 19.1 Å². The Balaban J connectivity index is 2.99. The van der Waals surface area contributed by atoms with Crippen LogP contribution in [0, 0.1) is 10.1 Å². The fourth-order valence-corrected chi connectivity index (χ4v) is 1.48. The summed E-state index contributed by atoms with van der Waals surface area (Å²) in [4.78, 5) is 33.0. The molecule has 0 aromatic heterocycles. The number of methoxy groups -OCH3 is 1. The Morgan fingerprint density at radius 2 is 2.10 bits per heavy atom. The van der Waals surface area contributed by atoms with E-state index >= 15 is 0 Å². The van der Waals surface area contributed by atoms with Crippen LogP contribution in [0.25, 0.3) is 0 Å². The number of hydrogen-bond acceptors (Lipinski definition) is 6. The third kappa shape index (κ3) is 3.94. The van der Waals surface area contributed by atoms with Crippen molar-refractivity contribution in [1.82, 2.24) is 5.32 Å². The van der Waals surface area contributed by atoms with E-state index in [4.69, 9.17) is 0 Å². The van der Waals surface area contributed by atoms with Gasteiger partial charge in [0.15, 0.2) is 0 Å². The molecule has 8 nitrogen and oxygen atoms in total. The van der Waals surface area contributed by atoms with Gasteiger partial charge in [-0.2, -0.15) is 0 Å². The van der Waals surface area contributed by atoms with Crippen molar-refractivity contribution in [2.45, 2.75) is 6.92 Å². The normalized spacial score (nSPS) is 9.70. The van der Waals surface area contributed by atoms with E-state index in [0.717, 1.165) is 6.07 Å². The number of esters is 1. The Morgan fingerprint density at radius 1 is 1.40 bits per heavy atom. The minimum Gasteiger partial charge on any atom is -0.468 e. The van der Waals surface area contributed by atoms with Gasteiger partial charge in [0.25, 0.3) is 11.6 Å². The fourth-order valence-electron chi connectivity index (χ4n) is 1.48. The van der Waals surface area contributed by atoms with E-state index in [1.807, 2.05) is 0 Å². The number of rotatable bonds is 6. The van der Waals surface area contributed by atoms with E-state index in [2.05, 4.69) is 15.4 Å². The first kappa shape index (κ1) is 15.4. The minimum atomic E-state index is -0.623. The molecule has 20 heavy (non-hydrogen) atoms. The monoisotopic (exact) mass is 281 g/mol. The summed E-state index contributed by atoms with van der Waals surface area (Å²) in [6, 6.07) is 3.98. The number of hydrogen-bond donors (Lipinski definition) is 2. The number of anilines is 1. The molecule has 0 bridgehead atoms. The lowest BCUT2D eigenvalue weighted by molar-refractivity contribution is -0.384. The molecule has 0 fully saturated rings. The molecule has 1 amide bonds. The highest BCUT2D eigenvalue weighted by Gasteiger charge is 2.17. The van der Waals surface area contributed by atoms with Crippen molar-refractivity contribution in [2.24, 2.45) is 0 Å². The molecule has 0 spiro atoms. The zero-order chi connectivity index (χ0) is 15.1. The first-order chi connectivity index (χ1) is 9.49. The Kier molecular flexibility index (Phi) is 5.45. The topological polar surface area (TPSA) is 111 Å². The Morgan fingerprint density at radius 3 is 2.65 bits per heavy atom. The maximum Gasteiger partial charge on any atom is 0.325 e. The van der Waals surface area contributed by atoms with Crippen molar-refractivity contribution in [3.05, 3.63) is 33.9 Å². The van der Waals surface area contributed by atoms with E-state index < -0.39 is 16.8 Å². The number of nitro groups is 1. The molecule has 0 radical (unpaired) electrons. The van der Waals surface area contributed by atoms with Crippen molar-refractivity contribution in [3.8, 4) is 0 Å². The van der Waals surface area contributed by atoms with Crippen LogP contribution in [0.3, 0.4) is 0 Å². The standard InChI is InChI=1S/C12H15N3O5/c1-3-13-12(17)8-4-5-9(10(6-8)15(18)19)14-7-11(16)20-2/h4-6,14H,3,7H2,1-2H3,(H,13,17). The van der Waals surface area contributed by atoms with Crippen LogP contribution in [0.4, 0.5) is 11.4 Å². The highest BCUT2D eigenvalue weighted by atomic mass is 16.6. The van der Waals surface area contributed by atoms with Crippen LogP contribution in [0.2, 0.25) is 0 Å². The van der Waals surface area contributed by atoms with Crippen LogP contribution in [0.5, 0.6) is 0 Å². The fraction of sp³-hybridized carbons (Fsp3) is 0.333. The summed E-state index contributed by atoms with van der Waals surface area (Å²) < 4.78 is 4.43. The highest BCUT2D eigenvalue weighted by Crippen LogP contribution is 2.25. The number of amides is 1. The summed E-state index contributed by atoms with van der Waals surface area (Å²) in [5.41, 5.74) is 0.0493. The quantitative estimate of drug-likeness (QED) is 0.456. The first-order valence-electron chi connectivity index (χ1n) is 5.87. The Labute approximate surface area is 115 Å². The van der Waals surface area contributed by atoms with Gasteiger partial charge in [0.05, 0.1) is 12.0 Å². The van der Waals surface area contributed by atoms with Gasteiger partial charge in [-0.15, -0.1) is 0 Å². The van der Waals surface area contributed by atoms with Crippen molar-refractivity contribution >= 4 is 23.3 Å². The number of ether oxygens (including phenoxy) is 1. The van der Waals surface area contributed by atoms with Gasteiger partial charge < -0.3 is 15.4 Å². The van der Waals surface area contributed by atoms with Crippen LogP contribution in [0.15, 0.2) is 18.2 Å². The number of nitrogens with zero attached hydrogens (tertiary/aromatic N) is 1. The van der Waals surface area contributed by atoms with Gasteiger partial charge in [-0.1, -0.05) is 0 Å². The smallest absolute Gasteiger partial charge is 0.325 e. The molecule has 0 atom stereocenters. The molecular weight excluding hydrogens is 266 g/mol. The molecule has 1 aromatic carbocycles. The number of nitrogens with one attached hydrogen (secondary N) is 2. The number of benzene rings is 1. The van der Waals surface area contributed by atoms with E-state index in [-0.39, 0.29) is 23.5 Å². The van der Waals surface area contributed by atoms with Crippen LogP contribution < -0.4 is 10.6 Å². The number of nitro benzene ring substituents is 1. The molecule has 0 unspecified atom stereocenters. The van der Waals surface area contributed by atoms with Crippen molar-refractivity contribution in [3.63, 3.8) is 0 Å². The number of carbonyl (C=O) groups excluding carboxylic acids is 2. The maximum absolute atomic E-state index is 11.6. The van der Waals surface area contributed by atoms with Gasteiger partial charge in [0.2, 0.25) is 0 Å². The lowest BCUT2D eigenvalue weighted by atomic mass is 10.1. The molecule has 0 saturated heterocycles. The molecule has 0 aliphatic heterocycles. The summed E-state index contributed by atoms with van der Waals surface area (Å²) in [7, 11) is 1.22. The van der Waals surface area contributed by atoms with Gasteiger partial charge in [0.1, 0.15) is 12.2 Å². The molecule has 1 rings (SSSR count). The van der Waals surface area contributed by atoms with Crippen LogP contribution in [-0.4, -0.2) is 37.0 Å². The summed E-state index contributed by atoms with van der Waals surface area (Å²) in [6.45, 7) is 1.98. The largest absolute Gasteiger partial charge is 0.468 e. The minimum absolute atomic E-state index is 0.147. The second-order valence-electron chi connectivity index (χ2n) is 3.78. The lowest BCUT2D eigenvalue weighted by Crippen LogP contribution is -2.23. The van der Waals surface area contributed by atoms with E-state index in [9.17, 15) is 19.7 Å². The number of carbonyl (C=O) groups is 2. The zero-order valence-corrected chi connectivity index (χ0v) is 11.1. The summed E-state index contributed by atoms with van der Waals surface area (Å²) in [5, 5.41) is 16.1. The second kappa shape index (κ2) is 7.07. The van der Waals surface area contributed by atoms with Gasteiger partial charge in [-0.3, -0.25) is 19.7 Å². The Hall–Kier alpha value is -2.64. The Bertz CT molecular complexity index is 530. The second-order valence-corrected chi connectivity index (χ2v) is 3.78. The molecule has 2 N–H and O–H groups in total. The molecule has 8 heteroatoms. The SMILES string of the molecule is CCNC(=O)c1ccc(NCC(=O)OC)c([N+](=O)[O-])c1. The van der Waals surface area contributed by atoms with Gasteiger partial charge in [0, 0.05) is 18.2 Å². The third-order valence-corrected chi connectivity index (χ3v) is 2.44. The zero-order valence-electron chi connectivity index (χ0n) is 11.1. The third-order valence-electron chi connectivity index (χ3n) is 2.44. The first-order valence-corrected chi connectivity index (χ1v) is 5.87. The molecule has 1 aromatic rings. The van der Waals surface area contributed by atoms with Crippen molar-refractivity contribution in [2.75, 3.05) is 25.5 Å². The summed E-state index contributed by atoms with van der Waals surface area (Å²) >= 11 is 0. The van der Waals surface area contributed by atoms with Crippen LogP contribution in [0.1, 0.15) is 17.3 Å². The van der Waals surface area contributed by atoms with Gasteiger partial charge >= 0.3 is 5.97 Å². The average Bonchev–Trinajstić information content (AvgIpc) is 2.44. The maximum atomic E-state index is 11.6. The summed E-state index contributed by atoms with van der Waals surface area (Å²) in [6.07, 6.45) is 0. The molecule has 108 valence electrons. The van der Waals surface area contributed by atoms with E-state index in [1.54, 1.807) is 6.92 Å². The van der Waals surface area contributed by atoms with Crippen LogP contribution >= 0.6 is 0 Å². The lowest BCUT2D eigenvalue weighted by Gasteiger charge is -2.08. The van der Waals surface area contributed by atoms with Crippen molar-refractivity contribution in [1.29, 1.82) is 0 Å². The summed E-state index contributed by atoms with van der Waals surface area (Å²) in [5.74, 6) is -0.942. The predicted molar refractivity (Wildman–Crippen MR) is 71.6 cm³/mol. The predicted octanol–water partition coefficient (Wildman–Crippen LogP) is 0.929. The van der Waals surface area contributed by atoms with Crippen molar-refractivity contribution < 1.29 is 19.2 Å². The van der Waals surface area contributed by atoms with Gasteiger partial charge in [-0.25, -0.2) is 0 Å². The van der Waals surface area contributed by atoms with Crippen LogP contribution in [-0.2, 0) is 9.53 Å². The molecule has 0 heterocycles. The molecular formula is C12H15N3O5. The van der Waals surface area contributed by atoms with E-state index in [1.165, 1.54) is 19.2 Å². The molecule has 0 aliphatic carbocycles. The average molecular weight is 281 g/mol. The molecule has 0 saturated carbocycles.